The summed E-state index contributed by atoms with van der Waals surface area (Å²) in [6.45, 7) is 0.00641. The molecule has 2 N–H and O–H groups in total. The number of rotatable bonds is 4. The average Bonchev–Trinajstić information content (AvgIpc) is 2.98. The predicted octanol–water partition coefficient (Wildman–Crippen LogP) is 2.78. The first-order valence-electron chi connectivity index (χ1n) is 8.02. The number of hydrogen-bond acceptors (Lipinski definition) is 4. The van der Waals surface area contributed by atoms with Gasteiger partial charge >= 0.3 is 0 Å². The number of benzene rings is 2. The van der Waals surface area contributed by atoms with Crippen LogP contribution < -0.4 is 5.32 Å². The van der Waals surface area contributed by atoms with E-state index in [0.717, 1.165) is 29.3 Å². The van der Waals surface area contributed by atoms with E-state index in [9.17, 15) is 27.5 Å². The number of carbonyl (C=O) groups is 1. The van der Waals surface area contributed by atoms with Crippen LogP contribution >= 0.6 is 0 Å². The molecule has 0 aliphatic carbocycles. The largest absolute Gasteiger partial charge is 0.375 e. The van der Waals surface area contributed by atoms with Crippen LogP contribution in [0.3, 0.4) is 0 Å². The zero-order chi connectivity index (χ0) is 19.7. The molecule has 3 rings (SSSR count). The SMILES string of the molecule is CON1C[C@H](c2ccc(F)c(F)c2)[C@@H](C(=O)Nc2cccc(F)c2F)C1O. The summed E-state index contributed by atoms with van der Waals surface area (Å²) in [6, 6.07) is 6.40. The van der Waals surface area contributed by atoms with E-state index >= 15 is 0 Å². The first kappa shape index (κ1) is 19.3. The molecule has 2 aromatic rings. The molecule has 9 heteroatoms. The van der Waals surface area contributed by atoms with Gasteiger partial charge in [0.2, 0.25) is 5.91 Å². The Morgan fingerprint density at radius 3 is 2.56 bits per heavy atom. The van der Waals surface area contributed by atoms with Crippen LogP contribution in [0.1, 0.15) is 11.5 Å². The van der Waals surface area contributed by atoms with Crippen molar-refractivity contribution in [2.75, 3.05) is 19.0 Å². The van der Waals surface area contributed by atoms with Gasteiger partial charge in [0, 0.05) is 12.5 Å². The van der Waals surface area contributed by atoms with Crippen molar-refractivity contribution in [2.45, 2.75) is 12.1 Å². The van der Waals surface area contributed by atoms with E-state index in [0.29, 0.717) is 0 Å². The van der Waals surface area contributed by atoms with Gasteiger partial charge in [0.1, 0.15) is 6.23 Å². The Kier molecular flexibility index (Phi) is 5.45. The Bertz CT molecular complexity index is 864. The lowest BCUT2D eigenvalue weighted by Crippen LogP contribution is -2.37. The second-order valence-corrected chi connectivity index (χ2v) is 6.09. The van der Waals surface area contributed by atoms with Crippen molar-refractivity contribution in [3.63, 3.8) is 0 Å². The van der Waals surface area contributed by atoms with E-state index in [1.54, 1.807) is 0 Å². The summed E-state index contributed by atoms with van der Waals surface area (Å²) >= 11 is 0. The number of anilines is 1. The third-order valence-corrected chi connectivity index (χ3v) is 4.54. The van der Waals surface area contributed by atoms with Crippen molar-refractivity contribution in [3.8, 4) is 0 Å². The fraction of sp³-hybridized carbons (Fsp3) is 0.278. The molecular weight excluding hydrogens is 368 g/mol. The number of hydrogen-bond donors (Lipinski definition) is 2. The van der Waals surface area contributed by atoms with Gasteiger partial charge in [-0.3, -0.25) is 9.63 Å². The maximum atomic E-state index is 13.8. The first-order valence-corrected chi connectivity index (χ1v) is 8.02. The Hall–Kier alpha value is -2.49. The van der Waals surface area contributed by atoms with Gasteiger partial charge in [-0.2, -0.15) is 5.06 Å². The number of amides is 1. The van der Waals surface area contributed by atoms with Gasteiger partial charge < -0.3 is 10.4 Å². The number of hydroxylamine groups is 2. The lowest BCUT2D eigenvalue weighted by atomic mass is 9.87. The van der Waals surface area contributed by atoms with Crippen LogP contribution in [0.25, 0.3) is 0 Å². The summed E-state index contributed by atoms with van der Waals surface area (Å²) in [5.41, 5.74) is -0.139. The van der Waals surface area contributed by atoms with Gasteiger partial charge in [0.25, 0.3) is 0 Å². The van der Waals surface area contributed by atoms with E-state index < -0.39 is 52.9 Å². The molecule has 1 aliphatic rings. The Labute approximate surface area is 152 Å². The highest BCUT2D eigenvalue weighted by Crippen LogP contribution is 2.37. The first-order chi connectivity index (χ1) is 12.8. The fourth-order valence-electron chi connectivity index (χ4n) is 3.18. The van der Waals surface area contributed by atoms with Crippen molar-refractivity contribution < 1.29 is 32.3 Å². The fourth-order valence-corrected chi connectivity index (χ4v) is 3.18. The van der Waals surface area contributed by atoms with Gasteiger partial charge in [0.05, 0.1) is 18.7 Å². The minimum atomic E-state index is -1.43. The van der Waals surface area contributed by atoms with Crippen LogP contribution in [0, 0.1) is 29.2 Å². The monoisotopic (exact) mass is 384 g/mol. The standard InChI is InChI=1S/C18H16F4N2O3/c1-27-24-8-10(9-5-6-11(19)13(21)7-9)15(18(24)26)17(25)23-14-4-2-3-12(20)16(14)22/h2-7,10,15,18,26H,8H2,1H3,(H,23,25)/t10-,15+,18?/m1/s1. The van der Waals surface area contributed by atoms with Gasteiger partial charge in [-0.1, -0.05) is 12.1 Å². The molecular formula is C18H16F4N2O3. The van der Waals surface area contributed by atoms with E-state index in [1.165, 1.54) is 19.2 Å². The molecule has 1 amide bonds. The van der Waals surface area contributed by atoms with Crippen LogP contribution in [0.2, 0.25) is 0 Å². The summed E-state index contributed by atoms with van der Waals surface area (Å²) in [4.78, 5) is 17.7. The highest BCUT2D eigenvalue weighted by atomic mass is 19.2. The van der Waals surface area contributed by atoms with Crippen molar-refractivity contribution >= 4 is 11.6 Å². The zero-order valence-electron chi connectivity index (χ0n) is 14.1. The minimum Gasteiger partial charge on any atom is -0.375 e. The predicted molar refractivity (Wildman–Crippen MR) is 87.3 cm³/mol. The van der Waals surface area contributed by atoms with Crippen molar-refractivity contribution in [2.24, 2.45) is 5.92 Å². The quantitative estimate of drug-likeness (QED) is 0.796. The number of carbonyl (C=O) groups excluding carboxylic acids is 1. The third-order valence-electron chi connectivity index (χ3n) is 4.54. The maximum absolute atomic E-state index is 13.8. The number of nitrogens with zero attached hydrogens (tertiary/aromatic N) is 1. The van der Waals surface area contributed by atoms with Crippen LogP contribution in [0.5, 0.6) is 0 Å². The Morgan fingerprint density at radius 2 is 1.89 bits per heavy atom. The lowest BCUT2D eigenvalue weighted by molar-refractivity contribution is -0.206. The molecule has 1 aliphatic heterocycles. The Morgan fingerprint density at radius 1 is 1.15 bits per heavy atom. The number of aliphatic hydroxyl groups is 1. The summed E-state index contributed by atoms with van der Waals surface area (Å²) < 4.78 is 54.0. The number of nitrogens with one attached hydrogen (secondary N) is 1. The smallest absolute Gasteiger partial charge is 0.232 e. The second-order valence-electron chi connectivity index (χ2n) is 6.09. The van der Waals surface area contributed by atoms with Crippen molar-refractivity contribution in [1.82, 2.24) is 5.06 Å². The molecule has 2 aromatic carbocycles. The van der Waals surface area contributed by atoms with Crippen LogP contribution in [0.4, 0.5) is 23.2 Å². The third kappa shape index (κ3) is 3.66. The second kappa shape index (κ2) is 7.63. The van der Waals surface area contributed by atoms with E-state index in [2.05, 4.69) is 5.32 Å². The van der Waals surface area contributed by atoms with Crippen LogP contribution in [-0.4, -0.2) is 36.0 Å². The molecule has 27 heavy (non-hydrogen) atoms. The number of halogens is 4. The van der Waals surface area contributed by atoms with Crippen molar-refractivity contribution in [1.29, 1.82) is 0 Å². The summed E-state index contributed by atoms with van der Waals surface area (Å²) in [6.07, 6.45) is -1.43. The summed E-state index contributed by atoms with van der Waals surface area (Å²) in [5, 5.41) is 13.7. The van der Waals surface area contributed by atoms with Gasteiger partial charge in [-0.05, 0) is 29.8 Å². The molecule has 1 unspecified atom stereocenters. The highest BCUT2D eigenvalue weighted by Gasteiger charge is 2.46. The molecule has 3 atom stereocenters. The van der Waals surface area contributed by atoms with Crippen molar-refractivity contribution in [3.05, 3.63) is 65.2 Å². The minimum absolute atomic E-state index is 0.00641. The normalized spacial score (nSPS) is 22.8. The molecule has 144 valence electrons. The molecule has 0 bridgehead atoms. The molecule has 0 aromatic heterocycles. The van der Waals surface area contributed by atoms with Gasteiger partial charge in [-0.15, -0.1) is 0 Å². The zero-order valence-corrected chi connectivity index (χ0v) is 14.1. The maximum Gasteiger partial charge on any atom is 0.232 e. The molecule has 5 nitrogen and oxygen atoms in total. The van der Waals surface area contributed by atoms with Crippen LogP contribution in [0.15, 0.2) is 36.4 Å². The Balaban J connectivity index is 1.92. The molecule has 0 spiro atoms. The average molecular weight is 384 g/mol. The van der Waals surface area contributed by atoms with Crippen LogP contribution in [-0.2, 0) is 9.63 Å². The summed E-state index contributed by atoms with van der Waals surface area (Å²) in [7, 11) is 1.28. The molecule has 1 heterocycles. The molecule has 0 saturated carbocycles. The molecule has 0 radical (unpaired) electrons. The highest BCUT2D eigenvalue weighted by molar-refractivity contribution is 5.94. The van der Waals surface area contributed by atoms with Gasteiger partial charge in [0.15, 0.2) is 23.3 Å². The van der Waals surface area contributed by atoms with E-state index in [4.69, 9.17) is 4.84 Å². The van der Waals surface area contributed by atoms with E-state index in [-0.39, 0.29) is 12.1 Å². The molecule has 1 saturated heterocycles. The topological polar surface area (TPSA) is 61.8 Å². The summed E-state index contributed by atoms with van der Waals surface area (Å²) in [5.74, 6) is -7.33. The molecule has 1 fully saturated rings. The van der Waals surface area contributed by atoms with E-state index in [1.807, 2.05) is 0 Å². The number of aliphatic hydroxyl groups excluding tert-OH is 1. The lowest BCUT2D eigenvalue weighted by Gasteiger charge is -2.22. The van der Waals surface area contributed by atoms with Gasteiger partial charge in [-0.25, -0.2) is 17.6 Å².